The zero-order valence-corrected chi connectivity index (χ0v) is 21.9. The predicted molar refractivity (Wildman–Crippen MR) is 138 cm³/mol. The Labute approximate surface area is 212 Å². The van der Waals surface area contributed by atoms with Crippen LogP contribution in [0.2, 0.25) is 10.0 Å². The average molecular weight is 505 g/mol. The van der Waals surface area contributed by atoms with Crippen molar-refractivity contribution in [3.05, 3.63) is 63.6 Å². The van der Waals surface area contributed by atoms with Crippen LogP contribution < -0.4 is 10.1 Å². The third-order valence-corrected chi connectivity index (χ3v) is 6.99. The molecular formula is C27H34Cl2N2O3. The Hall–Kier alpha value is -2.24. The van der Waals surface area contributed by atoms with E-state index in [1.807, 2.05) is 30.3 Å². The third-order valence-electron chi connectivity index (χ3n) is 6.25. The summed E-state index contributed by atoms with van der Waals surface area (Å²) in [5, 5.41) is 3.95. The standard InChI is InChI=1S/C27H34Cl2N2O3/c1-18(26(33)30-20-9-5-6-10-20)31(16-19-13-14-22(28)23(29)15-19)25(32)17-34-24-12-8-7-11-21(24)27(2,3)4/h7-8,11-15,18,20H,5-6,9-10,16-17H2,1-4H3,(H,30,33)/t18-/m0/s1. The number of para-hydroxylation sites is 1. The quantitative estimate of drug-likeness (QED) is 0.469. The minimum atomic E-state index is -0.663. The number of amides is 2. The van der Waals surface area contributed by atoms with Gasteiger partial charge in [-0.3, -0.25) is 9.59 Å². The molecule has 34 heavy (non-hydrogen) atoms. The zero-order chi connectivity index (χ0) is 24.9. The van der Waals surface area contributed by atoms with E-state index in [1.54, 1.807) is 24.0 Å². The number of hydrogen-bond acceptors (Lipinski definition) is 3. The molecule has 0 heterocycles. The van der Waals surface area contributed by atoms with E-state index in [0.717, 1.165) is 36.8 Å². The van der Waals surface area contributed by atoms with Gasteiger partial charge in [-0.25, -0.2) is 0 Å². The van der Waals surface area contributed by atoms with Gasteiger partial charge in [0.25, 0.3) is 5.91 Å². The van der Waals surface area contributed by atoms with E-state index in [4.69, 9.17) is 27.9 Å². The summed E-state index contributed by atoms with van der Waals surface area (Å²) in [6.07, 6.45) is 4.19. The fourth-order valence-corrected chi connectivity index (χ4v) is 4.56. The molecule has 0 aliphatic heterocycles. The van der Waals surface area contributed by atoms with Crippen molar-refractivity contribution in [1.29, 1.82) is 0 Å². The number of rotatable bonds is 8. The molecule has 1 saturated carbocycles. The Morgan fingerprint density at radius 3 is 2.41 bits per heavy atom. The number of benzene rings is 2. The molecule has 1 N–H and O–H groups in total. The zero-order valence-electron chi connectivity index (χ0n) is 20.4. The van der Waals surface area contributed by atoms with Crippen LogP contribution in [0.25, 0.3) is 0 Å². The SMILES string of the molecule is C[C@@H](C(=O)NC1CCCC1)N(Cc1ccc(Cl)c(Cl)c1)C(=O)COc1ccccc1C(C)(C)C. The fraction of sp³-hybridized carbons (Fsp3) is 0.481. The summed E-state index contributed by atoms with van der Waals surface area (Å²) in [5.74, 6) is 0.236. The monoisotopic (exact) mass is 504 g/mol. The number of halogens is 2. The van der Waals surface area contributed by atoms with Crippen molar-refractivity contribution in [1.82, 2.24) is 10.2 Å². The van der Waals surface area contributed by atoms with Gasteiger partial charge in [-0.1, -0.05) is 81.1 Å². The molecule has 1 aliphatic rings. The Balaban J connectivity index is 1.78. The molecule has 0 radical (unpaired) electrons. The molecule has 184 valence electrons. The van der Waals surface area contributed by atoms with Crippen molar-refractivity contribution in [2.45, 2.75) is 77.4 Å². The Morgan fingerprint density at radius 2 is 1.76 bits per heavy atom. The van der Waals surface area contributed by atoms with Crippen LogP contribution in [-0.2, 0) is 21.5 Å². The first-order chi connectivity index (χ1) is 16.1. The van der Waals surface area contributed by atoms with Crippen LogP contribution in [0.5, 0.6) is 5.75 Å². The van der Waals surface area contributed by atoms with E-state index >= 15 is 0 Å². The molecule has 2 amide bonds. The minimum Gasteiger partial charge on any atom is -0.483 e. The summed E-state index contributed by atoms with van der Waals surface area (Å²) in [5.41, 5.74) is 1.68. The topological polar surface area (TPSA) is 58.6 Å². The summed E-state index contributed by atoms with van der Waals surface area (Å²) >= 11 is 12.3. The highest BCUT2D eigenvalue weighted by molar-refractivity contribution is 6.42. The van der Waals surface area contributed by atoms with Gasteiger partial charge in [0.15, 0.2) is 6.61 Å². The normalized spacial score (nSPS) is 15.1. The van der Waals surface area contributed by atoms with Gasteiger partial charge in [0.2, 0.25) is 5.91 Å². The Bertz CT molecular complexity index is 1010. The van der Waals surface area contributed by atoms with Crippen molar-refractivity contribution in [2.75, 3.05) is 6.61 Å². The summed E-state index contributed by atoms with van der Waals surface area (Å²) in [7, 11) is 0. The largest absolute Gasteiger partial charge is 0.483 e. The van der Waals surface area contributed by atoms with E-state index in [1.165, 1.54) is 0 Å². The van der Waals surface area contributed by atoms with E-state index in [2.05, 4.69) is 26.1 Å². The van der Waals surface area contributed by atoms with Gasteiger partial charge >= 0.3 is 0 Å². The maximum atomic E-state index is 13.4. The van der Waals surface area contributed by atoms with E-state index in [9.17, 15) is 9.59 Å². The van der Waals surface area contributed by atoms with Gasteiger partial charge in [0.05, 0.1) is 10.0 Å². The molecular weight excluding hydrogens is 471 g/mol. The third kappa shape index (κ3) is 6.89. The first-order valence-electron chi connectivity index (χ1n) is 11.8. The number of nitrogens with one attached hydrogen (secondary N) is 1. The smallest absolute Gasteiger partial charge is 0.261 e. The lowest BCUT2D eigenvalue weighted by atomic mass is 9.86. The summed E-state index contributed by atoms with van der Waals surface area (Å²) in [4.78, 5) is 27.9. The number of carbonyl (C=O) groups is 2. The molecule has 2 aromatic carbocycles. The first-order valence-corrected chi connectivity index (χ1v) is 12.6. The molecule has 2 aromatic rings. The van der Waals surface area contributed by atoms with Crippen LogP contribution in [0.3, 0.4) is 0 Å². The number of hydrogen-bond donors (Lipinski definition) is 1. The van der Waals surface area contributed by atoms with Crippen molar-refractivity contribution in [2.24, 2.45) is 0 Å². The molecule has 0 bridgehead atoms. The van der Waals surface area contributed by atoms with Crippen LogP contribution in [0, 0.1) is 0 Å². The average Bonchev–Trinajstić information content (AvgIpc) is 3.30. The van der Waals surface area contributed by atoms with Crippen LogP contribution in [0.1, 0.15) is 64.5 Å². The van der Waals surface area contributed by atoms with E-state index < -0.39 is 6.04 Å². The molecule has 7 heteroatoms. The van der Waals surface area contributed by atoms with Crippen LogP contribution in [0.15, 0.2) is 42.5 Å². The van der Waals surface area contributed by atoms with Gasteiger partial charge < -0.3 is 15.0 Å². The molecule has 5 nitrogen and oxygen atoms in total. The highest BCUT2D eigenvalue weighted by Crippen LogP contribution is 2.31. The minimum absolute atomic E-state index is 0.131. The molecule has 0 unspecified atom stereocenters. The second-order valence-electron chi connectivity index (χ2n) is 9.97. The molecule has 0 saturated heterocycles. The van der Waals surface area contributed by atoms with Crippen LogP contribution in [0.4, 0.5) is 0 Å². The summed E-state index contributed by atoms with van der Waals surface area (Å²) in [6.45, 7) is 8.10. The molecule has 0 spiro atoms. The number of ether oxygens (including phenoxy) is 1. The Morgan fingerprint density at radius 1 is 1.09 bits per heavy atom. The molecule has 0 aromatic heterocycles. The van der Waals surface area contributed by atoms with Crippen molar-refractivity contribution in [3.63, 3.8) is 0 Å². The lowest BCUT2D eigenvalue weighted by Crippen LogP contribution is -2.50. The highest BCUT2D eigenvalue weighted by atomic mass is 35.5. The van der Waals surface area contributed by atoms with Gasteiger partial charge in [-0.2, -0.15) is 0 Å². The van der Waals surface area contributed by atoms with E-state index in [0.29, 0.717) is 15.8 Å². The van der Waals surface area contributed by atoms with Gasteiger partial charge in [-0.15, -0.1) is 0 Å². The number of carbonyl (C=O) groups excluding carboxylic acids is 2. The summed E-state index contributed by atoms with van der Waals surface area (Å²) in [6, 6.07) is 12.5. The van der Waals surface area contributed by atoms with Crippen molar-refractivity contribution in [3.8, 4) is 5.75 Å². The molecule has 3 rings (SSSR count). The maximum absolute atomic E-state index is 13.4. The Kier molecular flexibility index (Phi) is 8.89. The van der Waals surface area contributed by atoms with Crippen LogP contribution >= 0.6 is 23.2 Å². The van der Waals surface area contributed by atoms with Crippen LogP contribution in [-0.4, -0.2) is 35.4 Å². The molecule has 1 atom stereocenters. The van der Waals surface area contributed by atoms with Gasteiger partial charge in [0.1, 0.15) is 11.8 Å². The fourth-order valence-electron chi connectivity index (χ4n) is 4.24. The van der Waals surface area contributed by atoms with Crippen molar-refractivity contribution >= 4 is 35.0 Å². The molecule has 1 aliphatic carbocycles. The highest BCUT2D eigenvalue weighted by Gasteiger charge is 2.29. The van der Waals surface area contributed by atoms with E-state index in [-0.39, 0.29) is 36.4 Å². The summed E-state index contributed by atoms with van der Waals surface area (Å²) < 4.78 is 5.98. The predicted octanol–water partition coefficient (Wildman–Crippen LogP) is 6.15. The van der Waals surface area contributed by atoms with Crippen molar-refractivity contribution < 1.29 is 14.3 Å². The first kappa shape index (κ1) is 26.4. The maximum Gasteiger partial charge on any atom is 0.261 e. The second-order valence-corrected chi connectivity index (χ2v) is 10.8. The lowest BCUT2D eigenvalue weighted by molar-refractivity contribution is -0.142. The lowest BCUT2D eigenvalue weighted by Gasteiger charge is -2.30. The van der Waals surface area contributed by atoms with Gasteiger partial charge in [0, 0.05) is 12.6 Å². The van der Waals surface area contributed by atoms with Gasteiger partial charge in [-0.05, 0) is 54.5 Å². The second kappa shape index (κ2) is 11.5. The number of nitrogens with zero attached hydrogens (tertiary/aromatic N) is 1. The molecule has 1 fully saturated rings.